The molecule has 2 aromatic carbocycles. The highest BCUT2D eigenvalue weighted by molar-refractivity contribution is 5.99. The predicted octanol–water partition coefficient (Wildman–Crippen LogP) is 3.54. The van der Waals surface area contributed by atoms with Gasteiger partial charge < -0.3 is 9.47 Å². The van der Waals surface area contributed by atoms with Crippen molar-refractivity contribution >= 4 is 5.78 Å². The number of benzene rings is 2. The molecular formula is C16H14F2O3. The molecule has 0 heterocycles. The van der Waals surface area contributed by atoms with Gasteiger partial charge in [0.05, 0.1) is 12.7 Å². The van der Waals surface area contributed by atoms with Crippen LogP contribution in [0.25, 0.3) is 0 Å². The molecule has 0 aliphatic rings. The number of carbonyl (C=O) groups is 1. The Balaban J connectivity index is 2.13. The number of ether oxygens (including phenoxy) is 2. The standard InChI is InChI=1S/C16H14F2O3/c1-10-3-5-12(15(7-10)20-2)14(19)9-21-16-8-11(17)4-6-13(16)18/h3-8H,9H2,1-2H3. The Labute approximate surface area is 121 Å². The van der Waals surface area contributed by atoms with E-state index >= 15 is 0 Å². The highest BCUT2D eigenvalue weighted by Crippen LogP contribution is 2.22. The predicted molar refractivity (Wildman–Crippen MR) is 73.9 cm³/mol. The molecule has 0 unspecified atom stereocenters. The number of rotatable bonds is 5. The number of halogens is 2. The molecule has 110 valence electrons. The molecule has 0 fully saturated rings. The van der Waals surface area contributed by atoms with Crippen LogP contribution in [0.2, 0.25) is 0 Å². The third-order valence-corrected chi connectivity index (χ3v) is 2.91. The summed E-state index contributed by atoms with van der Waals surface area (Å²) in [5, 5.41) is 0. The Morgan fingerprint density at radius 1 is 1.10 bits per heavy atom. The second-order valence-electron chi connectivity index (χ2n) is 4.49. The van der Waals surface area contributed by atoms with E-state index in [9.17, 15) is 13.6 Å². The molecule has 0 aliphatic carbocycles. The van der Waals surface area contributed by atoms with Crippen LogP contribution in [0.3, 0.4) is 0 Å². The number of carbonyl (C=O) groups excluding carboxylic acids is 1. The van der Waals surface area contributed by atoms with E-state index in [2.05, 4.69) is 0 Å². The highest BCUT2D eigenvalue weighted by Gasteiger charge is 2.14. The van der Waals surface area contributed by atoms with Crippen LogP contribution in [0.1, 0.15) is 15.9 Å². The van der Waals surface area contributed by atoms with Gasteiger partial charge in [0.15, 0.2) is 18.2 Å². The van der Waals surface area contributed by atoms with Crippen LogP contribution in [0, 0.1) is 18.6 Å². The summed E-state index contributed by atoms with van der Waals surface area (Å²) in [5.74, 6) is -1.61. The monoisotopic (exact) mass is 292 g/mol. The summed E-state index contributed by atoms with van der Waals surface area (Å²) in [4.78, 5) is 12.1. The normalized spacial score (nSPS) is 10.3. The fraction of sp³-hybridized carbons (Fsp3) is 0.188. The average molecular weight is 292 g/mol. The number of methoxy groups -OCH3 is 1. The lowest BCUT2D eigenvalue weighted by molar-refractivity contribution is 0.0915. The molecular weight excluding hydrogens is 278 g/mol. The maximum atomic E-state index is 13.4. The highest BCUT2D eigenvalue weighted by atomic mass is 19.1. The largest absolute Gasteiger partial charge is 0.496 e. The van der Waals surface area contributed by atoms with Crippen LogP contribution in [-0.2, 0) is 0 Å². The summed E-state index contributed by atoms with van der Waals surface area (Å²) >= 11 is 0. The van der Waals surface area contributed by atoms with Gasteiger partial charge in [0.1, 0.15) is 11.6 Å². The molecule has 2 aromatic rings. The zero-order valence-electron chi connectivity index (χ0n) is 11.7. The zero-order valence-corrected chi connectivity index (χ0v) is 11.7. The Morgan fingerprint density at radius 2 is 1.86 bits per heavy atom. The lowest BCUT2D eigenvalue weighted by Crippen LogP contribution is -2.13. The van der Waals surface area contributed by atoms with E-state index in [0.29, 0.717) is 11.3 Å². The van der Waals surface area contributed by atoms with Crippen LogP contribution in [-0.4, -0.2) is 19.5 Å². The molecule has 0 N–H and O–H groups in total. The van der Waals surface area contributed by atoms with Crippen LogP contribution in [0.15, 0.2) is 36.4 Å². The number of ketones is 1. The fourth-order valence-electron chi connectivity index (χ4n) is 1.84. The minimum absolute atomic E-state index is 0.297. The Kier molecular flexibility index (Phi) is 4.52. The Morgan fingerprint density at radius 3 is 2.57 bits per heavy atom. The average Bonchev–Trinajstić information content (AvgIpc) is 2.47. The minimum Gasteiger partial charge on any atom is -0.496 e. The van der Waals surface area contributed by atoms with Gasteiger partial charge in [0.25, 0.3) is 0 Å². The second kappa shape index (κ2) is 6.35. The number of aryl methyl sites for hydroxylation is 1. The third-order valence-electron chi connectivity index (χ3n) is 2.91. The van der Waals surface area contributed by atoms with Gasteiger partial charge in [-0.2, -0.15) is 0 Å². The summed E-state index contributed by atoms with van der Waals surface area (Å²) in [7, 11) is 1.46. The summed E-state index contributed by atoms with van der Waals surface area (Å²) in [6.07, 6.45) is 0. The van der Waals surface area contributed by atoms with E-state index in [1.807, 2.05) is 6.92 Å². The van der Waals surface area contributed by atoms with Gasteiger partial charge in [-0.1, -0.05) is 6.07 Å². The minimum atomic E-state index is -0.722. The molecule has 0 saturated carbocycles. The molecule has 0 radical (unpaired) electrons. The molecule has 0 spiro atoms. The maximum absolute atomic E-state index is 13.4. The van der Waals surface area contributed by atoms with Gasteiger partial charge in [0, 0.05) is 6.07 Å². The van der Waals surface area contributed by atoms with Crippen molar-refractivity contribution in [2.24, 2.45) is 0 Å². The van der Waals surface area contributed by atoms with Crippen molar-refractivity contribution in [1.29, 1.82) is 0 Å². The van der Waals surface area contributed by atoms with Gasteiger partial charge >= 0.3 is 0 Å². The number of Topliss-reactive ketones (excluding diaryl/α,β-unsaturated/α-hetero) is 1. The van der Waals surface area contributed by atoms with Crippen LogP contribution in [0.5, 0.6) is 11.5 Å². The van der Waals surface area contributed by atoms with Crippen molar-refractivity contribution in [2.75, 3.05) is 13.7 Å². The smallest absolute Gasteiger partial charge is 0.203 e. The molecule has 0 bridgehead atoms. The third kappa shape index (κ3) is 3.56. The molecule has 0 aromatic heterocycles. The first kappa shape index (κ1) is 15.0. The maximum Gasteiger partial charge on any atom is 0.203 e. The number of hydrogen-bond donors (Lipinski definition) is 0. The van der Waals surface area contributed by atoms with E-state index in [4.69, 9.17) is 9.47 Å². The molecule has 5 heteroatoms. The first-order chi connectivity index (χ1) is 10.0. The summed E-state index contributed by atoms with van der Waals surface area (Å²) < 4.78 is 36.6. The van der Waals surface area contributed by atoms with E-state index in [1.54, 1.807) is 18.2 Å². The molecule has 2 rings (SSSR count). The van der Waals surface area contributed by atoms with Crippen molar-refractivity contribution in [2.45, 2.75) is 6.92 Å². The van der Waals surface area contributed by atoms with Crippen LogP contribution < -0.4 is 9.47 Å². The first-order valence-corrected chi connectivity index (χ1v) is 6.27. The lowest BCUT2D eigenvalue weighted by Gasteiger charge is -2.10. The van der Waals surface area contributed by atoms with Crippen molar-refractivity contribution in [3.05, 3.63) is 59.2 Å². The fourth-order valence-corrected chi connectivity index (χ4v) is 1.84. The van der Waals surface area contributed by atoms with Crippen molar-refractivity contribution in [1.82, 2.24) is 0 Å². The molecule has 0 atom stereocenters. The zero-order chi connectivity index (χ0) is 15.4. The summed E-state index contributed by atoms with van der Waals surface area (Å²) in [6, 6.07) is 7.92. The number of hydrogen-bond acceptors (Lipinski definition) is 3. The van der Waals surface area contributed by atoms with E-state index in [-0.39, 0.29) is 11.5 Å². The van der Waals surface area contributed by atoms with Crippen LogP contribution >= 0.6 is 0 Å². The van der Waals surface area contributed by atoms with Crippen molar-refractivity contribution < 1.29 is 23.0 Å². The first-order valence-electron chi connectivity index (χ1n) is 6.27. The molecule has 0 saturated heterocycles. The van der Waals surface area contributed by atoms with Crippen molar-refractivity contribution in [3.63, 3.8) is 0 Å². The van der Waals surface area contributed by atoms with Gasteiger partial charge in [-0.3, -0.25) is 4.79 Å². The Hall–Kier alpha value is -2.43. The van der Waals surface area contributed by atoms with Gasteiger partial charge in [-0.15, -0.1) is 0 Å². The van der Waals surface area contributed by atoms with E-state index < -0.39 is 18.2 Å². The summed E-state index contributed by atoms with van der Waals surface area (Å²) in [6.45, 7) is 1.47. The topological polar surface area (TPSA) is 35.5 Å². The second-order valence-corrected chi connectivity index (χ2v) is 4.49. The molecule has 0 amide bonds. The SMILES string of the molecule is COc1cc(C)ccc1C(=O)COc1cc(F)ccc1F. The lowest BCUT2D eigenvalue weighted by atomic mass is 10.1. The summed E-state index contributed by atoms with van der Waals surface area (Å²) in [5.41, 5.74) is 1.28. The van der Waals surface area contributed by atoms with Gasteiger partial charge in [-0.25, -0.2) is 8.78 Å². The molecule has 3 nitrogen and oxygen atoms in total. The van der Waals surface area contributed by atoms with Crippen LogP contribution in [0.4, 0.5) is 8.78 Å². The molecule has 0 aliphatic heterocycles. The van der Waals surface area contributed by atoms with Crippen molar-refractivity contribution in [3.8, 4) is 11.5 Å². The quantitative estimate of drug-likeness (QED) is 0.791. The van der Waals surface area contributed by atoms with E-state index in [1.165, 1.54) is 7.11 Å². The Bertz CT molecular complexity index is 669. The van der Waals surface area contributed by atoms with Gasteiger partial charge in [0.2, 0.25) is 5.78 Å². The van der Waals surface area contributed by atoms with Gasteiger partial charge in [-0.05, 0) is 36.8 Å². The van der Waals surface area contributed by atoms with E-state index in [0.717, 1.165) is 23.8 Å². The molecule has 21 heavy (non-hydrogen) atoms.